The highest BCUT2D eigenvalue weighted by Gasteiger charge is 2.40. The van der Waals surface area contributed by atoms with Crippen molar-refractivity contribution in [2.75, 3.05) is 19.6 Å². The van der Waals surface area contributed by atoms with Gasteiger partial charge in [0.2, 0.25) is 0 Å². The summed E-state index contributed by atoms with van der Waals surface area (Å²) in [4.78, 5) is 15.4. The molecule has 2 bridgehead atoms. The van der Waals surface area contributed by atoms with Crippen LogP contribution < -0.4 is 10.1 Å². The van der Waals surface area contributed by atoms with Crippen molar-refractivity contribution in [3.8, 4) is 16.9 Å². The molecule has 0 aromatic heterocycles. The van der Waals surface area contributed by atoms with Gasteiger partial charge in [-0.3, -0.25) is 4.90 Å². The van der Waals surface area contributed by atoms with Crippen molar-refractivity contribution in [3.05, 3.63) is 52.3 Å². The van der Waals surface area contributed by atoms with Gasteiger partial charge in [-0.05, 0) is 105 Å². The Morgan fingerprint density at radius 1 is 1.19 bits per heavy atom. The zero-order valence-corrected chi connectivity index (χ0v) is 22.3. The number of rotatable bonds is 5. The van der Waals surface area contributed by atoms with E-state index < -0.39 is 6.09 Å². The third kappa shape index (κ3) is 5.08. The molecule has 3 aliphatic heterocycles. The van der Waals surface area contributed by atoms with Gasteiger partial charge in [-0.15, -0.1) is 0 Å². The number of nitrogens with one attached hydrogen (secondary N) is 1. The molecular weight excluding hydrogens is 479 g/mol. The zero-order valence-electron chi connectivity index (χ0n) is 21.6. The summed E-state index contributed by atoms with van der Waals surface area (Å²) in [5, 5.41) is 3.56. The van der Waals surface area contributed by atoms with Crippen LogP contribution in [0, 0.1) is 17.2 Å². The van der Waals surface area contributed by atoms with Gasteiger partial charge in [0.05, 0.1) is 17.2 Å². The highest BCUT2D eigenvalue weighted by Crippen LogP contribution is 2.45. The molecule has 0 unspecified atom stereocenters. The van der Waals surface area contributed by atoms with Crippen LogP contribution in [-0.4, -0.2) is 42.8 Å². The van der Waals surface area contributed by atoms with Crippen LogP contribution in [0.2, 0.25) is 5.02 Å². The lowest BCUT2D eigenvalue weighted by Gasteiger charge is -2.44. The van der Waals surface area contributed by atoms with Crippen molar-refractivity contribution in [3.63, 3.8) is 0 Å². The van der Waals surface area contributed by atoms with Gasteiger partial charge in [0.15, 0.2) is 0 Å². The maximum atomic E-state index is 15.5. The van der Waals surface area contributed by atoms with E-state index in [9.17, 15) is 4.79 Å². The number of nitrogens with zero attached hydrogens (tertiary/aromatic N) is 1. The van der Waals surface area contributed by atoms with Crippen LogP contribution in [0.4, 0.5) is 9.18 Å². The van der Waals surface area contributed by atoms with E-state index in [2.05, 4.69) is 24.1 Å². The van der Waals surface area contributed by atoms with E-state index >= 15 is 4.39 Å². The Morgan fingerprint density at radius 3 is 2.58 bits per heavy atom. The van der Waals surface area contributed by atoms with Gasteiger partial charge >= 0.3 is 6.09 Å². The van der Waals surface area contributed by atoms with Gasteiger partial charge in [-0.2, -0.15) is 0 Å². The molecular formula is C29H36ClFN2O3. The van der Waals surface area contributed by atoms with Crippen LogP contribution >= 0.6 is 11.6 Å². The first-order chi connectivity index (χ1) is 17.1. The number of fused-ring (bicyclic) bond motifs is 4. The Bertz CT molecular complexity index is 1140. The molecule has 0 radical (unpaired) electrons. The van der Waals surface area contributed by atoms with Gasteiger partial charge in [0.25, 0.3) is 0 Å². The van der Waals surface area contributed by atoms with Crippen LogP contribution in [0.3, 0.4) is 0 Å². The van der Waals surface area contributed by atoms with Gasteiger partial charge in [-0.25, -0.2) is 9.18 Å². The summed E-state index contributed by atoms with van der Waals surface area (Å²) >= 11 is 6.43. The molecule has 7 heteroatoms. The molecule has 1 aliphatic carbocycles. The van der Waals surface area contributed by atoms with Crippen molar-refractivity contribution >= 4 is 17.7 Å². The average Bonchev–Trinajstić information content (AvgIpc) is 2.83. The Balaban J connectivity index is 1.38. The van der Waals surface area contributed by atoms with Crippen molar-refractivity contribution in [2.24, 2.45) is 11.3 Å². The normalized spacial score (nSPS) is 26.4. The van der Waals surface area contributed by atoms with E-state index in [1.807, 2.05) is 26.0 Å². The molecule has 5 nitrogen and oxygen atoms in total. The minimum atomic E-state index is -0.406. The predicted molar refractivity (Wildman–Crippen MR) is 140 cm³/mol. The summed E-state index contributed by atoms with van der Waals surface area (Å²) in [6.45, 7) is 11.1. The largest absolute Gasteiger partial charge is 0.489 e. The van der Waals surface area contributed by atoms with Crippen LogP contribution in [0.15, 0.2) is 30.3 Å². The van der Waals surface area contributed by atoms with Crippen molar-refractivity contribution < 1.29 is 18.7 Å². The van der Waals surface area contributed by atoms with E-state index in [0.717, 1.165) is 56.4 Å². The molecule has 194 valence electrons. The number of hydrogen-bond acceptors (Lipinski definition) is 4. The molecule has 3 fully saturated rings. The zero-order chi connectivity index (χ0) is 25.6. The summed E-state index contributed by atoms with van der Waals surface area (Å²) in [6, 6.07) is 8.53. The highest BCUT2D eigenvalue weighted by molar-refractivity contribution is 6.32. The molecule has 1 amide bonds. The fourth-order valence-corrected chi connectivity index (χ4v) is 6.21. The average molecular weight is 515 g/mol. The Morgan fingerprint density at radius 2 is 1.94 bits per heavy atom. The second kappa shape index (κ2) is 9.86. The summed E-state index contributed by atoms with van der Waals surface area (Å²) in [5.74, 6) is 0.690. The first-order valence-electron chi connectivity index (χ1n) is 13.1. The second-order valence-corrected chi connectivity index (χ2v) is 11.9. The Labute approximate surface area is 218 Å². The molecule has 6 rings (SSSR count). The standard InChI is InChI=1S/C29H36ClFN2O3/c1-17(2)35-25-6-5-19(14-23(25)30)21-13-20-7-10-29(3,4)27(22(20)15-24(21)31)32-28(34)36-26-16-33-11-8-18(26)9-12-33/h5-6,13-15,17-18,26-27H,7-12,16H2,1-4H3,(H,32,34)/t26-,27+/m1/s1. The number of carbonyl (C=O) groups excluding carboxylic acids is 1. The summed E-state index contributed by atoms with van der Waals surface area (Å²) in [7, 11) is 0. The smallest absolute Gasteiger partial charge is 0.407 e. The quantitative estimate of drug-likeness (QED) is 0.478. The fourth-order valence-electron chi connectivity index (χ4n) is 5.99. The summed E-state index contributed by atoms with van der Waals surface area (Å²) in [6.07, 6.45) is 3.37. The van der Waals surface area contributed by atoms with Crippen molar-refractivity contribution in [2.45, 2.75) is 71.6 Å². The predicted octanol–water partition coefficient (Wildman–Crippen LogP) is 6.77. The maximum absolute atomic E-state index is 15.5. The lowest BCUT2D eigenvalue weighted by molar-refractivity contribution is -0.0353. The topological polar surface area (TPSA) is 50.8 Å². The molecule has 3 saturated heterocycles. The molecule has 4 aliphatic rings. The van der Waals surface area contributed by atoms with E-state index in [4.69, 9.17) is 21.1 Å². The number of hydrogen-bond donors (Lipinski definition) is 1. The molecule has 2 aromatic rings. The molecule has 36 heavy (non-hydrogen) atoms. The summed E-state index contributed by atoms with van der Waals surface area (Å²) in [5.41, 5.74) is 2.84. The lowest BCUT2D eigenvalue weighted by Crippen LogP contribution is -2.53. The molecule has 1 N–H and O–H groups in total. The highest BCUT2D eigenvalue weighted by atomic mass is 35.5. The van der Waals surface area contributed by atoms with Crippen molar-refractivity contribution in [1.82, 2.24) is 10.2 Å². The molecule has 2 aromatic carbocycles. The number of alkyl carbamates (subject to hydrolysis) is 1. The molecule has 0 spiro atoms. The lowest BCUT2D eigenvalue weighted by atomic mass is 9.70. The van der Waals surface area contributed by atoms with E-state index in [0.29, 0.717) is 27.8 Å². The molecule has 0 saturated carbocycles. The van der Waals surface area contributed by atoms with Crippen LogP contribution in [0.25, 0.3) is 11.1 Å². The van der Waals surface area contributed by atoms with Gasteiger partial charge < -0.3 is 14.8 Å². The van der Waals surface area contributed by atoms with Gasteiger partial charge in [0, 0.05) is 12.1 Å². The van der Waals surface area contributed by atoms with E-state index in [1.54, 1.807) is 18.2 Å². The Kier molecular flexibility index (Phi) is 6.94. The number of benzene rings is 2. The maximum Gasteiger partial charge on any atom is 0.407 e. The first kappa shape index (κ1) is 25.3. The second-order valence-electron chi connectivity index (χ2n) is 11.5. The van der Waals surface area contributed by atoms with Crippen LogP contribution in [-0.2, 0) is 11.2 Å². The SMILES string of the molecule is CC(C)Oc1ccc(-c2cc3c(cc2F)[C@H](NC(=O)O[C@@H]2CN4CCC2CC4)C(C)(C)CC3)cc1Cl. The third-order valence-electron chi connectivity index (χ3n) is 8.08. The van der Waals surface area contributed by atoms with Crippen molar-refractivity contribution in [1.29, 1.82) is 0 Å². The third-order valence-corrected chi connectivity index (χ3v) is 8.38. The van der Waals surface area contributed by atoms with Gasteiger partial charge in [-0.1, -0.05) is 31.5 Å². The van der Waals surface area contributed by atoms with E-state index in [-0.39, 0.29) is 29.5 Å². The monoisotopic (exact) mass is 514 g/mol. The number of halogens is 2. The Hall–Kier alpha value is -2.31. The number of amides is 1. The molecule has 3 heterocycles. The number of ether oxygens (including phenoxy) is 2. The van der Waals surface area contributed by atoms with Crippen LogP contribution in [0.5, 0.6) is 5.75 Å². The summed E-state index contributed by atoms with van der Waals surface area (Å²) < 4.78 is 27.1. The van der Waals surface area contributed by atoms with Gasteiger partial charge in [0.1, 0.15) is 17.7 Å². The number of carbonyl (C=O) groups is 1. The number of piperidine rings is 3. The van der Waals surface area contributed by atoms with Crippen LogP contribution in [0.1, 0.15) is 64.1 Å². The first-order valence-corrected chi connectivity index (χ1v) is 13.5. The molecule has 2 atom stereocenters. The minimum absolute atomic E-state index is 0.000854. The number of aryl methyl sites for hydroxylation is 1. The van der Waals surface area contributed by atoms with E-state index in [1.165, 1.54) is 0 Å². The fraction of sp³-hybridized carbons (Fsp3) is 0.552. The minimum Gasteiger partial charge on any atom is -0.489 e.